The van der Waals surface area contributed by atoms with Crippen molar-refractivity contribution in [1.29, 1.82) is 0 Å². The van der Waals surface area contributed by atoms with Crippen molar-refractivity contribution in [2.75, 3.05) is 7.11 Å². The normalized spacial score (nSPS) is 10.2. The van der Waals surface area contributed by atoms with Crippen molar-refractivity contribution in [3.8, 4) is 5.75 Å². The first kappa shape index (κ1) is 15.0. The van der Waals surface area contributed by atoms with E-state index < -0.39 is 5.97 Å². The molecule has 110 valence electrons. The molecule has 0 amide bonds. The molecule has 0 unspecified atom stereocenters. The second-order valence-corrected chi connectivity index (χ2v) is 4.59. The van der Waals surface area contributed by atoms with E-state index in [-0.39, 0.29) is 0 Å². The number of aryl methyl sites for hydroxylation is 1. The van der Waals surface area contributed by atoms with Gasteiger partial charge < -0.3 is 15.2 Å². The van der Waals surface area contributed by atoms with Crippen LogP contribution < -0.4 is 10.5 Å². The van der Waals surface area contributed by atoms with Crippen molar-refractivity contribution in [2.24, 2.45) is 5.73 Å². The first-order chi connectivity index (χ1) is 10.2. The number of benzene rings is 1. The van der Waals surface area contributed by atoms with Crippen LogP contribution >= 0.6 is 0 Å². The van der Waals surface area contributed by atoms with Gasteiger partial charge in [-0.05, 0) is 24.6 Å². The summed E-state index contributed by atoms with van der Waals surface area (Å²) in [6.07, 6.45) is 1.48. The summed E-state index contributed by atoms with van der Waals surface area (Å²) in [7, 11) is 1.34. The molecule has 5 nitrogen and oxygen atoms in total. The zero-order valence-corrected chi connectivity index (χ0v) is 12.1. The zero-order chi connectivity index (χ0) is 15.2. The lowest BCUT2D eigenvalue weighted by Crippen LogP contribution is -2.06. The molecule has 2 aromatic rings. The van der Waals surface area contributed by atoms with E-state index in [9.17, 15) is 4.79 Å². The first-order valence-electron chi connectivity index (χ1n) is 6.60. The number of nitrogens with two attached hydrogens (primary N) is 1. The summed E-state index contributed by atoms with van der Waals surface area (Å²) in [5.41, 5.74) is 8.85. The third-order valence-electron chi connectivity index (χ3n) is 3.12. The summed E-state index contributed by atoms with van der Waals surface area (Å²) in [4.78, 5) is 15.5. The third-order valence-corrected chi connectivity index (χ3v) is 3.12. The molecule has 0 radical (unpaired) electrons. The van der Waals surface area contributed by atoms with Gasteiger partial charge in [-0.15, -0.1) is 0 Å². The minimum absolute atomic E-state index is 0.319. The SMILES string of the molecule is COC(=O)c1ccc(COc2c(C)cccc2CN)nc1. The Bertz CT molecular complexity index is 624. The number of carbonyl (C=O) groups excluding carboxylic acids is 1. The van der Waals surface area contributed by atoms with Gasteiger partial charge in [0.15, 0.2) is 0 Å². The predicted octanol–water partition coefficient (Wildman–Crippen LogP) is 2.21. The van der Waals surface area contributed by atoms with Crippen LogP contribution in [0.15, 0.2) is 36.5 Å². The van der Waals surface area contributed by atoms with Crippen LogP contribution in [0.4, 0.5) is 0 Å². The molecule has 0 aliphatic rings. The summed E-state index contributed by atoms with van der Waals surface area (Å²) in [6.45, 7) is 2.72. The number of para-hydroxylation sites is 1. The molecule has 0 saturated carbocycles. The number of aromatic nitrogens is 1. The molecule has 2 N–H and O–H groups in total. The Morgan fingerprint density at radius 3 is 2.71 bits per heavy atom. The lowest BCUT2D eigenvalue weighted by Gasteiger charge is -2.13. The number of hydrogen-bond acceptors (Lipinski definition) is 5. The monoisotopic (exact) mass is 286 g/mol. The quantitative estimate of drug-likeness (QED) is 0.853. The van der Waals surface area contributed by atoms with Crippen molar-refractivity contribution in [2.45, 2.75) is 20.1 Å². The maximum absolute atomic E-state index is 11.3. The van der Waals surface area contributed by atoms with E-state index in [1.807, 2.05) is 25.1 Å². The summed E-state index contributed by atoms with van der Waals surface area (Å²) < 4.78 is 10.4. The minimum Gasteiger partial charge on any atom is -0.487 e. The van der Waals surface area contributed by atoms with Crippen molar-refractivity contribution in [3.63, 3.8) is 0 Å². The van der Waals surface area contributed by atoms with Crippen molar-refractivity contribution in [3.05, 3.63) is 58.9 Å². The number of ether oxygens (including phenoxy) is 2. The lowest BCUT2D eigenvalue weighted by molar-refractivity contribution is 0.0600. The molecule has 21 heavy (non-hydrogen) atoms. The third kappa shape index (κ3) is 3.58. The number of nitrogens with zero attached hydrogens (tertiary/aromatic N) is 1. The van der Waals surface area contributed by atoms with E-state index in [1.54, 1.807) is 12.1 Å². The lowest BCUT2D eigenvalue weighted by atomic mass is 10.1. The second kappa shape index (κ2) is 6.85. The van der Waals surface area contributed by atoms with Gasteiger partial charge in [0.25, 0.3) is 0 Å². The van der Waals surface area contributed by atoms with Crippen molar-refractivity contribution >= 4 is 5.97 Å². The predicted molar refractivity (Wildman–Crippen MR) is 79.0 cm³/mol. The van der Waals surface area contributed by atoms with Crippen LogP contribution in [-0.4, -0.2) is 18.1 Å². The molecular weight excluding hydrogens is 268 g/mol. The highest BCUT2D eigenvalue weighted by Gasteiger charge is 2.08. The zero-order valence-electron chi connectivity index (χ0n) is 12.1. The standard InChI is InChI=1S/C16H18N2O3/c1-11-4-3-5-12(8-17)15(11)21-10-14-7-6-13(9-18-14)16(19)20-2/h3-7,9H,8,10,17H2,1-2H3. The van der Waals surface area contributed by atoms with E-state index in [0.717, 1.165) is 22.6 Å². The topological polar surface area (TPSA) is 74.4 Å². The Morgan fingerprint density at radius 2 is 2.10 bits per heavy atom. The van der Waals surface area contributed by atoms with Crippen LogP contribution in [0.1, 0.15) is 27.2 Å². The molecule has 1 aromatic carbocycles. The fraction of sp³-hybridized carbons (Fsp3) is 0.250. The molecule has 0 aliphatic heterocycles. The van der Waals surface area contributed by atoms with Crippen LogP contribution in [0, 0.1) is 6.92 Å². The molecule has 0 bridgehead atoms. The van der Waals surface area contributed by atoms with Crippen molar-refractivity contribution < 1.29 is 14.3 Å². The Kier molecular flexibility index (Phi) is 4.90. The van der Waals surface area contributed by atoms with E-state index in [1.165, 1.54) is 13.3 Å². The fourth-order valence-electron chi connectivity index (χ4n) is 1.98. The van der Waals surface area contributed by atoms with Crippen LogP contribution in [-0.2, 0) is 17.9 Å². The maximum Gasteiger partial charge on any atom is 0.339 e. The summed E-state index contributed by atoms with van der Waals surface area (Å²) in [6, 6.07) is 9.28. The molecule has 1 heterocycles. The van der Waals surface area contributed by atoms with Gasteiger partial charge in [0, 0.05) is 18.3 Å². The number of rotatable bonds is 5. The molecule has 0 saturated heterocycles. The Morgan fingerprint density at radius 1 is 1.29 bits per heavy atom. The Hall–Kier alpha value is -2.40. The molecular formula is C16H18N2O3. The van der Waals surface area contributed by atoms with Crippen LogP contribution in [0.2, 0.25) is 0 Å². The average molecular weight is 286 g/mol. The Balaban J connectivity index is 2.08. The molecule has 1 aromatic heterocycles. The summed E-state index contributed by atoms with van der Waals surface area (Å²) in [5, 5.41) is 0. The van der Waals surface area contributed by atoms with Gasteiger partial charge in [0.2, 0.25) is 0 Å². The minimum atomic E-state index is -0.403. The van der Waals surface area contributed by atoms with Gasteiger partial charge in [-0.1, -0.05) is 18.2 Å². The number of esters is 1. The first-order valence-corrected chi connectivity index (χ1v) is 6.60. The molecule has 2 rings (SSSR count). The molecule has 0 spiro atoms. The second-order valence-electron chi connectivity index (χ2n) is 4.59. The molecule has 0 fully saturated rings. The van der Waals surface area contributed by atoms with Gasteiger partial charge >= 0.3 is 5.97 Å². The highest BCUT2D eigenvalue weighted by Crippen LogP contribution is 2.23. The van der Waals surface area contributed by atoms with Gasteiger partial charge in [0.1, 0.15) is 12.4 Å². The van der Waals surface area contributed by atoms with Crippen molar-refractivity contribution in [1.82, 2.24) is 4.98 Å². The van der Waals surface area contributed by atoms with Gasteiger partial charge in [-0.25, -0.2) is 4.79 Å². The summed E-state index contributed by atoms with van der Waals surface area (Å²) in [5.74, 6) is 0.387. The van der Waals surface area contributed by atoms with E-state index in [0.29, 0.717) is 18.7 Å². The smallest absolute Gasteiger partial charge is 0.339 e. The maximum atomic E-state index is 11.3. The Labute approximate surface area is 123 Å². The van der Waals surface area contributed by atoms with E-state index in [4.69, 9.17) is 10.5 Å². The van der Waals surface area contributed by atoms with Crippen LogP contribution in [0.25, 0.3) is 0 Å². The largest absolute Gasteiger partial charge is 0.487 e. The number of pyridine rings is 1. The number of carbonyl (C=O) groups is 1. The average Bonchev–Trinajstić information content (AvgIpc) is 2.53. The summed E-state index contributed by atoms with van der Waals surface area (Å²) >= 11 is 0. The number of hydrogen-bond donors (Lipinski definition) is 1. The molecule has 0 atom stereocenters. The van der Waals surface area contributed by atoms with Gasteiger partial charge in [0.05, 0.1) is 18.4 Å². The van der Waals surface area contributed by atoms with Gasteiger partial charge in [-0.2, -0.15) is 0 Å². The van der Waals surface area contributed by atoms with Crippen LogP contribution in [0.5, 0.6) is 5.75 Å². The highest BCUT2D eigenvalue weighted by atomic mass is 16.5. The molecule has 5 heteroatoms. The van der Waals surface area contributed by atoms with E-state index >= 15 is 0 Å². The van der Waals surface area contributed by atoms with Gasteiger partial charge in [-0.3, -0.25) is 4.98 Å². The number of methoxy groups -OCH3 is 1. The van der Waals surface area contributed by atoms with E-state index in [2.05, 4.69) is 9.72 Å². The fourth-order valence-corrected chi connectivity index (χ4v) is 1.98. The van der Waals surface area contributed by atoms with Crippen LogP contribution in [0.3, 0.4) is 0 Å². The molecule has 0 aliphatic carbocycles. The highest BCUT2D eigenvalue weighted by molar-refractivity contribution is 5.88.